The molecule has 0 aliphatic rings. The minimum absolute atomic E-state index is 0.0252. The summed E-state index contributed by atoms with van der Waals surface area (Å²) >= 11 is 0. The third kappa shape index (κ3) is 2.21. The maximum atomic E-state index is 12.3. The van der Waals surface area contributed by atoms with Gasteiger partial charge in [0.2, 0.25) is 0 Å². The van der Waals surface area contributed by atoms with Crippen molar-refractivity contribution in [2.75, 3.05) is 0 Å². The number of halogens is 2. The Balaban J connectivity index is 2.14. The molecule has 0 spiro atoms. The molecule has 1 aromatic heterocycles. The Morgan fingerprint density at radius 2 is 1.94 bits per heavy atom. The van der Waals surface area contributed by atoms with E-state index in [0.29, 0.717) is 12.4 Å². The zero-order valence-electron chi connectivity index (χ0n) is 8.64. The zero-order valence-corrected chi connectivity index (χ0v) is 8.64. The van der Waals surface area contributed by atoms with Crippen molar-refractivity contribution in [1.29, 1.82) is 0 Å². The molecule has 0 aliphatic heterocycles. The first kappa shape index (κ1) is 10.7. The number of tetrazole rings is 1. The maximum absolute atomic E-state index is 12.3. The van der Waals surface area contributed by atoms with Crippen molar-refractivity contribution in [2.45, 2.75) is 19.9 Å². The molecule has 84 valence electrons. The molecule has 0 fully saturated rings. The van der Waals surface area contributed by atoms with Gasteiger partial charge >= 0.3 is 0 Å². The van der Waals surface area contributed by atoms with Crippen LogP contribution in [0.4, 0.5) is 8.78 Å². The maximum Gasteiger partial charge on any atom is 0.263 e. The Morgan fingerprint density at radius 3 is 2.44 bits per heavy atom. The first-order valence-electron chi connectivity index (χ1n) is 4.76. The summed E-state index contributed by atoms with van der Waals surface area (Å²) in [5, 5.41) is 11.0. The second-order valence-corrected chi connectivity index (χ2v) is 3.43. The molecule has 0 radical (unpaired) electrons. The van der Waals surface area contributed by atoms with Crippen LogP contribution in [0.1, 0.15) is 23.4 Å². The van der Waals surface area contributed by atoms with Crippen LogP contribution in [-0.2, 0) is 6.54 Å². The van der Waals surface area contributed by atoms with Gasteiger partial charge in [-0.1, -0.05) is 24.3 Å². The summed E-state index contributed by atoms with van der Waals surface area (Å²) in [6, 6.07) is 6.14. The van der Waals surface area contributed by atoms with Crippen LogP contribution in [0.2, 0.25) is 0 Å². The first-order valence-corrected chi connectivity index (χ1v) is 4.76. The van der Waals surface area contributed by atoms with Gasteiger partial charge in [0, 0.05) is 5.56 Å². The molecule has 0 aliphatic carbocycles. The van der Waals surface area contributed by atoms with E-state index >= 15 is 0 Å². The molecule has 0 atom stereocenters. The predicted molar refractivity (Wildman–Crippen MR) is 53.1 cm³/mol. The van der Waals surface area contributed by atoms with E-state index in [9.17, 15) is 8.78 Å². The van der Waals surface area contributed by atoms with E-state index in [-0.39, 0.29) is 5.56 Å². The molecule has 0 saturated heterocycles. The molecule has 0 amide bonds. The topological polar surface area (TPSA) is 43.6 Å². The minimum atomic E-state index is -2.43. The standard InChI is InChI=1S/C10H10F2N4/c1-7-13-14-15-16(7)6-8-2-4-9(5-3-8)10(11)12/h2-5,10H,6H2,1H3. The summed E-state index contributed by atoms with van der Waals surface area (Å²) in [6.45, 7) is 2.27. The number of rotatable bonds is 3. The van der Waals surface area contributed by atoms with Crippen LogP contribution in [0.15, 0.2) is 24.3 Å². The number of nitrogens with zero attached hydrogens (tertiary/aromatic N) is 4. The SMILES string of the molecule is Cc1nnnn1Cc1ccc(C(F)F)cc1. The Kier molecular flexibility index (Phi) is 2.89. The Hall–Kier alpha value is -1.85. The van der Waals surface area contributed by atoms with Crippen molar-refractivity contribution < 1.29 is 8.78 Å². The van der Waals surface area contributed by atoms with Crippen LogP contribution in [0.3, 0.4) is 0 Å². The van der Waals surface area contributed by atoms with Crippen LogP contribution in [0.25, 0.3) is 0 Å². The van der Waals surface area contributed by atoms with E-state index in [1.165, 1.54) is 12.1 Å². The summed E-state index contributed by atoms with van der Waals surface area (Å²) in [4.78, 5) is 0. The molecule has 4 nitrogen and oxygen atoms in total. The molecule has 0 unspecified atom stereocenters. The largest absolute Gasteiger partial charge is 0.263 e. The lowest BCUT2D eigenvalue weighted by Gasteiger charge is -2.04. The Labute approximate surface area is 90.9 Å². The molecule has 0 bridgehead atoms. The Bertz CT molecular complexity index is 464. The van der Waals surface area contributed by atoms with E-state index in [1.54, 1.807) is 23.7 Å². The number of benzene rings is 1. The molecule has 1 aromatic carbocycles. The fraction of sp³-hybridized carbons (Fsp3) is 0.300. The van der Waals surface area contributed by atoms with E-state index in [4.69, 9.17) is 0 Å². The summed E-state index contributed by atoms with van der Waals surface area (Å²) < 4.78 is 26.2. The van der Waals surface area contributed by atoms with Gasteiger partial charge in [-0.15, -0.1) is 5.10 Å². The van der Waals surface area contributed by atoms with Crippen molar-refractivity contribution in [3.63, 3.8) is 0 Å². The summed E-state index contributed by atoms with van der Waals surface area (Å²) in [6.07, 6.45) is -2.43. The van der Waals surface area contributed by atoms with Gasteiger partial charge < -0.3 is 0 Å². The number of aryl methyl sites for hydroxylation is 1. The molecule has 2 aromatic rings. The van der Waals surface area contributed by atoms with Gasteiger partial charge in [0.15, 0.2) is 0 Å². The monoisotopic (exact) mass is 224 g/mol. The molecular weight excluding hydrogens is 214 g/mol. The van der Waals surface area contributed by atoms with Crippen molar-refractivity contribution in [1.82, 2.24) is 20.2 Å². The molecule has 16 heavy (non-hydrogen) atoms. The van der Waals surface area contributed by atoms with E-state index in [0.717, 1.165) is 5.56 Å². The van der Waals surface area contributed by atoms with Gasteiger partial charge in [-0.3, -0.25) is 0 Å². The van der Waals surface area contributed by atoms with Crippen LogP contribution < -0.4 is 0 Å². The van der Waals surface area contributed by atoms with Crippen LogP contribution in [0, 0.1) is 6.92 Å². The first-order chi connectivity index (χ1) is 7.66. The van der Waals surface area contributed by atoms with Crippen molar-refractivity contribution in [3.8, 4) is 0 Å². The average molecular weight is 224 g/mol. The summed E-state index contributed by atoms with van der Waals surface area (Å²) in [5.41, 5.74) is 0.914. The summed E-state index contributed by atoms with van der Waals surface area (Å²) in [7, 11) is 0. The van der Waals surface area contributed by atoms with Crippen LogP contribution >= 0.6 is 0 Å². The van der Waals surface area contributed by atoms with E-state index < -0.39 is 6.43 Å². The number of hydrogen-bond donors (Lipinski definition) is 0. The molecule has 0 saturated carbocycles. The molecule has 2 rings (SSSR count). The highest BCUT2D eigenvalue weighted by molar-refractivity contribution is 5.23. The van der Waals surface area contributed by atoms with Gasteiger partial charge in [0.25, 0.3) is 6.43 Å². The smallest absolute Gasteiger partial charge is 0.225 e. The van der Waals surface area contributed by atoms with Crippen LogP contribution in [0.5, 0.6) is 0 Å². The summed E-state index contributed by atoms with van der Waals surface area (Å²) in [5.74, 6) is 0.693. The molecule has 1 heterocycles. The lowest BCUT2D eigenvalue weighted by Crippen LogP contribution is -2.04. The fourth-order valence-electron chi connectivity index (χ4n) is 1.34. The highest BCUT2D eigenvalue weighted by atomic mass is 19.3. The normalized spacial score (nSPS) is 11.0. The highest BCUT2D eigenvalue weighted by Crippen LogP contribution is 2.18. The third-order valence-corrected chi connectivity index (χ3v) is 2.27. The van der Waals surface area contributed by atoms with E-state index in [1.807, 2.05) is 0 Å². The van der Waals surface area contributed by atoms with Crippen molar-refractivity contribution in [2.24, 2.45) is 0 Å². The van der Waals surface area contributed by atoms with Gasteiger partial charge in [-0.25, -0.2) is 13.5 Å². The zero-order chi connectivity index (χ0) is 11.5. The van der Waals surface area contributed by atoms with Gasteiger partial charge in [0.1, 0.15) is 5.82 Å². The van der Waals surface area contributed by atoms with Gasteiger partial charge in [-0.2, -0.15) is 0 Å². The predicted octanol–water partition coefficient (Wildman–Crippen LogP) is 1.97. The second kappa shape index (κ2) is 4.34. The lowest BCUT2D eigenvalue weighted by atomic mass is 10.1. The highest BCUT2D eigenvalue weighted by Gasteiger charge is 2.06. The number of aromatic nitrogens is 4. The van der Waals surface area contributed by atoms with Gasteiger partial charge in [0.05, 0.1) is 6.54 Å². The molecular formula is C10H10F2N4. The average Bonchev–Trinajstić information content (AvgIpc) is 2.65. The quantitative estimate of drug-likeness (QED) is 0.800. The van der Waals surface area contributed by atoms with Gasteiger partial charge in [-0.05, 0) is 22.9 Å². The van der Waals surface area contributed by atoms with E-state index in [2.05, 4.69) is 15.5 Å². The number of alkyl halides is 2. The number of hydrogen-bond acceptors (Lipinski definition) is 3. The van der Waals surface area contributed by atoms with Crippen molar-refractivity contribution >= 4 is 0 Å². The lowest BCUT2D eigenvalue weighted by molar-refractivity contribution is 0.151. The van der Waals surface area contributed by atoms with Crippen molar-refractivity contribution in [3.05, 3.63) is 41.2 Å². The second-order valence-electron chi connectivity index (χ2n) is 3.43. The van der Waals surface area contributed by atoms with Crippen LogP contribution in [-0.4, -0.2) is 20.2 Å². The Morgan fingerprint density at radius 1 is 1.25 bits per heavy atom. The molecule has 0 N–H and O–H groups in total. The fourth-order valence-corrected chi connectivity index (χ4v) is 1.34. The minimum Gasteiger partial charge on any atom is -0.225 e. The third-order valence-electron chi connectivity index (χ3n) is 2.27. The molecule has 6 heteroatoms.